The van der Waals surface area contributed by atoms with Crippen LogP contribution < -0.4 is 5.32 Å². The number of nitrogens with zero attached hydrogens (tertiary/aromatic N) is 1. The summed E-state index contributed by atoms with van der Waals surface area (Å²) < 4.78 is 12.3. The molecule has 1 heterocycles. The molecule has 2 aromatic rings. The first kappa shape index (κ1) is 20.5. The zero-order valence-corrected chi connectivity index (χ0v) is 16.3. The SMILES string of the molecule is O=CNC(OCc1ccccc1)C(CN1CCCCC1)OCc1ccccc1. The molecule has 0 aromatic heterocycles. The molecule has 2 aromatic carbocycles. The molecule has 2 atom stereocenters. The van der Waals surface area contributed by atoms with Crippen LogP contribution in [0.3, 0.4) is 0 Å². The van der Waals surface area contributed by atoms with E-state index < -0.39 is 6.23 Å². The van der Waals surface area contributed by atoms with Crippen molar-refractivity contribution in [3.63, 3.8) is 0 Å². The van der Waals surface area contributed by atoms with Gasteiger partial charge in [-0.25, -0.2) is 0 Å². The molecule has 1 fully saturated rings. The van der Waals surface area contributed by atoms with Crippen molar-refractivity contribution in [1.29, 1.82) is 0 Å². The van der Waals surface area contributed by atoms with E-state index in [2.05, 4.69) is 10.2 Å². The molecule has 1 saturated heterocycles. The summed E-state index contributed by atoms with van der Waals surface area (Å²) in [6.45, 7) is 3.80. The molecule has 28 heavy (non-hydrogen) atoms. The lowest BCUT2D eigenvalue weighted by molar-refractivity contribution is -0.129. The Morgan fingerprint density at radius 3 is 2.00 bits per heavy atom. The molecule has 1 aliphatic heterocycles. The van der Waals surface area contributed by atoms with Crippen molar-refractivity contribution in [2.45, 2.75) is 44.8 Å². The maximum absolute atomic E-state index is 11.2. The lowest BCUT2D eigenvalue weighted by atomic mass is 10.1. The molecule has 0 spiro atoms. The third-order valence-corrected chi connectivity index (χ3v) is 5.04. The van der Waals surface area contributed by atoms with Gasteiger partial charge in [0.25, 0.3) is 0 Å². The van der Waals surface area contributed by atoms with Gasteiger partial charge in [-0.15, -0.1) is 0 Å². The van der Waals surface area contributed by atoms with Gasteiger partial charge in [0, 0.05) is 6.54 Å². The van der Waals surface area contributed by atoms with Crippen molar-refractivity contribution in [3.8, 4) is 0 Å². The molecule has 0 bridgehead atoms. The number of benzene rings is 2. The molecule has 0 aliphatic carbocycles. The van der Waals surface area contributed by atoms with Crippen molar-refractivity contribution in [1.82, 2.24) is 10.2 Å². The summed E-state index contributed by atoms with van der Waals surface area (Å²) in [6.07, 6.45) is 3.66. The summed E-state index contributed by atoms with van der Waals surface area (Å²) in [5.41, 5.74) is 2.18. The number of carbonyl (C=O) groups is 1. The Kier molecular flexibility index (Phi) is 8.50. The number of likely N-dealkylation sites (tertiary alicyclic amines) is 1. The van der Waals surface area contributed by atoms with Gasteiger partial charge in [0.2, 0.25) is 6.41 Å². The number of hydrogen-bond acceptors (Lipinski definition) is 4. The molecule has 5 heteroatoms. The molecule has 1 N–H and O–H groups in total. The first-order valence-electron chi connectivity index (χ1n) is 10.1. The van der Waals surface area contributed by atoms with Crippen LogP contribution in [0.25, 0.3) is 0 Å². The minimum Gasteiger partial charge on any atom is -0.368 e. The second-order valence-electron chi connectivity index (χ2n) is 7.20. The first-order valence-corrected chi connectivity index (χ1v) is 10.1. The largest absolute Gasteiger partial charge is 0.368 e. The summed E-state index contributed by atoms with van der Waals surface area (Å²) in [5.74, 6) is 0. The average molecular weight is 383 g/mol. The highest BCUT2D eigenvalue weighted by atomic mass is 16.5. The second-order valence-corrected chi connectivity index (χ2v) is 7.20. The van der Waals surface area contributed by atoms with E-state index in [0.29, 0.717) is 19.6 Å². The zero-order chi connectivity index (χ0) is 19.4. The van der Waals surface area contributed by atoms with Gasteiger partial charge < -0.3 is 19.7 Å². The Labute approximate surface area is 167 Å². The lowest BCUT2D eigenvalue weighted by Gasteiger charge is -2.34. The summed E-state index contributed by atoms with van der Waals surface area (Å²) in [6, 6.07) is 20.1. The highest BCUT2D eigenvalue weighted by Gasteiger charge is 2.26. The van der Waals surface area contributed by atoms with Gasteiger partial charge in [0.05, 0.1) is 13.2 Å². The average Bonchev–Trinajstić information content (AvgIpc) is 2.76. The summed E-state index contributed by atoms with van der Waals surface area (Å²) in [7, 11) is 0. The number of nitrogens with one attached hydrogen (secondary N) is 1. The van der Waals surface area contributed by atoms with Crippen LogP contribution >= 0.6 is 0 Å². The van der Waals surface area contributed by atoms with Crippen molar-refractivity contribution in [2.75, 3.05) is 19.6 Å². The Bertz CT molecular complexity index is 675. The third kappa shape index (κ3) is 6.75. The fourth-order valence-corrected chi connectivity index (χ4v) is 3.50. The summed E-state index contributed by atoms with van der Waals surface area (Å²) in [4.78, 5) is 13.6. The van der Waals surface area contributed by atoms with Crippen LogP contribution in [0.4, 0.5) is 0 Å². The highest BCUT2D eigenvalue weighted by Crippen LogP contribution is 2.15. The Balaban J connectivity index is 1.65. The zero-order valence-electron chi connectivity index (χ0n) is 16.3. The first-order chi connectivity index (χ1) is 13.8. The molecule has 1 aliphatic rings. The number of hydrogen-bond donors (Lipinski definition) is 1. The van der Waals surface area contributed by atoms with Crippen LogP contribution in [0.1, 0.15) is 30.4 Å². The van der Waals surface area contributed by atoms with Crippen LogP contribution in [-0.2, 0) is 27.5 Å². The molecular formula is C23H30N2O3. The van der Waals surface area contributed by atoms with Crippen LogP contribution in [0.2, 0.25) is 0 Å². The van der Waals surface area contributed by atoms with E-state index in [1.807, 2.05) is 60.7 Å². The summed E-state index contributed by atoms with van der Waals surface area (Å²) in [5, 5.41) is 2.82. The van der Waals surface area contributed by atoms with Crippen LogP contribution in [0.15, 0.2) is 60.7 Å². The maximum atomic E-state index is 11.2. The Morgan fingerprint density at radius 1 is 0.857 bits per heavy atom. The minimum atomic E-state index is -0.497. The molecule has 2 unspecified atom stereocenters. The number of rotatable bonds is 11. The van der Waals surface area contributed by atoms with Crippen LogP contribution in [-0.4, -0.2) is 43.3 Å². The monoisotopic (exact) mass is 382 g/mol. The van der Waals surface area contributed by atoms with Gasteiger partial charge in [-0.1, -0.05) is 67.1 Å². The van der Waals surface area contributed by atoms with Gasteiger partial charge >= 0.3 is 0 Å². The van der Waals surface area contributed by atoms with Crippen molar-refractivity contribution in [3.05, 3.63) is 71.8 Å². The molecule has 5 nitrogen and oxygen atoms in total. The predicted molar refractivity (Wildman–Crippen MR) is 110 cm³/mol. The van der Waals surface area contributed by atoms with Crippen molar-refractivity contribution >= 4 is 6.41 Å². The van der Waals surface area contributed by atoms with Gasteiger partial charge in [-0.2, -0.15) is 0 Å². The third-order valence-electron chi connectivity index (χ3n) is 5.04. The number of piperidine rings is 1. The minimum absolute atomic E-state index is 0.243. The van der Waals surface area contributed by atoms with Gasteiger partial charge in [-0.05, 0) is 37.1 Å². The van der Waals surface area contributed by atoms with Gasteiger partial charge in [0.15, 0.2) is 6.23 Å². The summed E-state index contributed by atoms with van der Waals surface area (Å²) >= 11 is 0. The molecule has 150 valence electrons. The van der Waals surface area contributed by atoms with Crippen molar-refractivity contribution < 1.29 is 14.3 Å². The van der Waals surface area contributed by atoms with Gasteiger partial charge in [0.1, 0.15) is 6.10 Å². The second kappa shape index (κ2) is 11.6. The van der Waals surface area contributed by atoms with E-state index in [0.717, 1.165) is 30.8 Å². The fraction of sp³-hybridized carbons (Fsp3) is 0.435. The van der Waals surface area contributed by atoms with E-state index in [-0.39, 0.29) is 6.10 Å². The number of ether oxygens (including phenoxy) is 2. The number of amides is 1. The fourth-order valence-electron chi connectivity index (χ4n) is 3.50. The predicted octanol–water partition coefficient (Wildman–Crippen LogP) is 3.35. The standard InChI is InChI=1S/C23H30N2O3/c26-19-24-23(28-18-21-12-6-2-7-13-21)22(16-25-14-8-3-9-15-25)27-17-20-10-4-1-5-11-20/h1-2,4-7,10-13,19,22-23H,3,8-9,14-18H2,(H,24,26). The molecule has 1 amide bonds. The van der Waals surface area contributed by atoms with E-state index in [4.69, 9.17) is 9.47 Å². The Hall–Kier alpha value is -2.21. The van der Waals surface area contributed by atoms with E-state index in [9.17, 15) is 4.79 Å². The van der Waals surface area contributed by atoms with E-state index >= 15 is 0 Å². The topological polar surface area (TPSA) is 50.8 Å². The van der Waals surface area contributed by atoms with Gasteiger partial charge in [-0.3, -0.25) is 4.79 Å². The van der Waals surface area contributed by atoms with E-state index in [1.165, 1.54) is 19.3 Å². The molecule has 3 rings (SSSR count). The quantitative estimate of drug-likeness (QED) is 0.478. The normalized spacial score (nSPS) is 17.0. The number of carbonyl (C=O) groups excluding carboxylic acids is 1. The van der Waals surface area contributed by atoms with Crippen LogP contribution in [0.5, 0.6) is 0 Å². The van der Waals surface area contributed by atoms with E-state index in [1.54, 1.807) is 0 Å². The maximum Gasteiger partial charge on any atom is 0.209 e. The smallest absolute Gasteiger partial charge is 0.209 e. The molecule has 0 saturated carbocycles. The highest BCUT2D eigenvalue weighted by molar-refractivity contribution is 5.46. The molecule has 0 radical (unpaired) electrons. The molecular weight excluding hydrogens is 352 g/mol. The van der Waals surface area contributed by atoms with Crippen molar-refractivity contribution in [2.24, 2.45) is 0 Å². The Morgan fingerprint density at radius 2 is 1.43 bits per heavy atom. The lowest BCUT2D eigenvalue weighted by Crippen LogP contribution is -2.49. The van der Waals surface area contributed by atoms with Crippen LogP contribution in [0, 0.1) is 0 Å².